The number of aliphatic carboxylic acids is 1. The molecular weight excluding hydrogens is 318 g/mol. The summed E-state index contributed by atoms with van der Waals surface area (Å²) in [5.74, 6) is -1.60. The van der Waals surface area contributed by atoms with Crippen molar-refractivity contribution < 1.29 is 14.7 Å². The lowest BCUT2D eigenvalue weighted by Gasteiger charge is -2.26. The van der Waals surface area contributed by atoms with Crippen molar-refractivity contribution in [3.63, 3.8) is 0 Å². The number of carbonyl (C=O) groups is 2. The Morgan fingerprint density at radius 3 is 2.64 bits per heavy atom. The second-order valence-corrected chi connectivity index (χ2v) is 6.87. The van der Waals surface area contributed by atoms with Crippen molar-refractivity contribution in [2.24, 2.45) is 11.8 Å². The Hall–Kier alpha value is -2.63. The van der Waals surface area contributed by atoms with Gasteiger partial charge in [0.2, 0.25) is 5.91 Å². The van der Waals surface area contributed by atoms with Crippen LogP contribution in [0.1, 0.15) is 36.8 Å². The van der Waals surface area contributed by atoms with Gasteiger partial charge in [-0.3, -0.25) is 9.59 Å². The van der Waals surface area contributed by atoms with Gasteiger partial charge < -0.3 is 10.4 Å². The second kappa shape index (κ2) is 7.09. The van der Waals surface area contributed by atoms with Crippen molar-refractivity contribution in [3.8, 4) is 5.69 Å². The van der Waals surface area contributed by atoms with Crippen molar-refractivity contribution in [2.45, 2.75) is 39.5 Å². The minimum absolute atomic E-state index is 0.110. The third-order valence-electron chi connectivity index (χ3n) is 4.76. The van der Waals surface area contributed by atoms with E-state index >= 15 is 0 Å². The molecule has 1 aromatic carbocycles. The molecule has 0 bridgehead atoms. The Labute approximate surface area is 146 Å². The van der Waals surface area contributed by atoms with Gasteiger partial charge in [0.25, 0.3) is 0 Å². The standard InChI is InChI=1S/C19H23N3O3/c1-12-6-7-17(22-11-13(2)10-20-22)16(8-12)21-18(23)14-4-3-5-15(9-14)19(24)25/h6-8,10-11,14-15H,3-5,9H2,1-2H3,(H,21,23)(H,24,25). The number of carboxylic acids is 1. The van der Waals surface area contributed by atoms with Gasteiger partial charge in [-0.05, 0) is 56.4 Å². The molecule has 1 saturated carbocycles. The zero-order chi connectivity index (χ0) is 18.0. The van der Waals surface area contributed by atoms with E-state index < -0.39 is 11.9 Å². The molecule has 0 saturated heterocycles. The van der Waals surface area contributed by atoms with Gasteiger partial charge in [-0.25, -0.2) is 4.68 Å². The number of amides is 1. The number of carbonyl (C=O) groups excluding carboxylic acids is 1. The van der Waals surface area contributed by atoms with Crippen LogP contribution in [-0.4, -0.2) is 26.8 Å². The largest absolute Gasteiger partial charge is 0.481 e. The molecule has 132 valence electrons. The summed E-state index contributed by atoms with van der Waals surface area (Å²) in [6.07, 6.45) is 6.24. The van der Waals surface area contributed by atoms with Crippen LogP contribution in [0, 0.1) is 25.7 Å². The van der Waals surface area contributed by atoms with E-state index in [4.69, 9.17) is 0 Å². The maximum atomic E-state index is 12.7. The van der Waals surface area contributed by atoms with E-state index in [1.807, 2.05) is 38.2 Å². The quantitative estimate of drug-likeness (QED) is 0.893. The number of hydrogen-bond acceptors (Lipinski definition) is 3. The van der Waals surface area contributed by atoms with Crippen LogP contribution in [0.15, 0.2) is 30.6 Å². The minimum Gasteiger partial charge on any atom is -0.481 e. The Morgan fingerprint density at radius 2 is 1.96 bits per heavy atom. The monoisotopic (exact) mass is 341 g/mol. The van der Waals surface area contributed by atoms with E-state index in [2.05, 4.69) is 10.4 Å². The predicted octanol–water partition coefficient (Wildman–Crippen LogP) is 3.32. The summed E-state index contributed by atoms with van der Waals surface area (Å²) in [5.41, 5.74) is 3.58. The summed E-state index contributed by atoms with van der Waals surface area (Å²) in [5, 5.41) is 16.5. The Bertz CT molecular complexity index is 797. The minimum atomic E-state index is -0.805. The fourth-order valence-corrected chi connectivity index (χ4v) is 3.38. The number of nitrogens with zero attached hydrogens (tertiary/aromatic N) is 2. The number of hydrogen-bond donors (Lipinski definition) is 2. The van der Waals surface area contributed by atoms with Crippen molar-refractivity contribution in [1.82, 2.24) is 9.78 Å². The summed E-state index contributed by atoms with van der Waals surface area (Å²) in [6, 6.07) is 5.82. The molecule has 1 amide bonds. The molecule has 2 aromatic rings. The number of benzene rings is 1. The number of aromatic nitrogens is 2. The molecule has 25 heavy (non-hydrogen) atoms. The molecule has 2 N–H and O–H groups in total. The summed E-state index contributed by atoms with van der Waals surface area (Å²) in [4.78, 5) is 23.9. The zero-order valence-electron chi connectivity index (χ0n) is 14.5. The average molecular weight is 341 g/mol. The van der Waals surface area contributed by atoms with E-state index in [0.717, 1.165) is 29.7 Å². The van der Waals surface area contributed by atoms with Crippen molar-refractivity contribution >= 4 is 17.6 Å². The molecule has 1 aliphatic carbocycles. The topological polar surface area (TPSA) is 84.2 Å². The van der Waals surface area contributed by atoms with Gasteiger partial charge in [-0.1, -0.05) is 12.5 Å². The highest BCUT2D eigenvalue weighted by molar-refractivity contribution is 5.95. The third kappa shape index (κ3) is 3.90. The average Bonchev–Trinajstić information content (AvgIpc) is 3.01. The normalized spacial score (nSPS) is 20.2. The van der Waals surface area contributed by atoms with Crippen LogP contribution in [0.2, 0.25) is 0 Å². The van der Waals surface area contributed by atoms with E-state index in [1.54, 1.807) is 10.9 Å². The summed E-state index contributed by atoms with van der Waals surface area (Å²) < 4.78 is 1.74. The van der Waals surface area contributed by atoms with Crippen molar-refractivity contribution in [1.29, 1.82) is 0 Å². The number of carboxylic acid groups (broad SMARTS) is 1. The summed E-state index contributed by atoms with van der Waals surface area (Å²) in [6.45, 7) is 3.93. The molecule has 3 rings (SSSR count). The van der Waals surface area contributed by atoms with E-state index in [-0.39, 0.29) is 11.8 Å². The third-order valence-corrected chi connectivity index (χ3v) is 4.76. The Balaban J connectivity index is 1.81. The van der Waals surface area contributed by atoms with Crippen LogP contribution >= 0.6 is 0 Å². The van der Waals surface area contributed by atoms with Gasteiger partial charge in [0.1, 0.15) is 0 Å². The van der Waals surface area contributed by atoms with Crippen LogP contribution in [0.5, 0.6) is 0 Å². The zero-order valence-corrected chi connectivity index (χ0v) is 14.5. The molecule has 6 nitrogen and oxygen atoms in total. The lowest BCUT2D eigenvalue weighted by molar-refractivity contribution is -0.143. The van der Waals surface area contributed by atoms with Gasteiger partial charge in [-0.2, -0.15) is 5.10 Å². The van der Waals surface area contributed by atoms with Gasteiger partial charge in [0.15, 0.2) is 0 Å². The summed E-state index contributed by atoms with van der Waals surface area (Å²) in [7, 11) is 0. The van der Waals surface area contributed by atoms with Gasteiger partial charge >= 0.3 is 5.97 Å². The van der Waals surface area contributed by atoms with Crippen LogP contribution < -0.4 is 5.32 Å². The molecule has 1 heterocycles. The fourth-order valence-electron chi connectivity index (χ4n) is 3.38. The molecular formula is C19H23N3O3. The molecule has 1 aliphatic rings. The lowest BCUT2D eigenvalue weighted by Crippen LogP contribution is -2.31. The van der Waals surface area contributed by atoms with Crippen LogP contribution in [0.4, 0.5) is 5.69 Å². The first-order chi connectivity index (χ1) is 11.9. The van der Waals surface area contributed by atoms with Crippen LogP contribution in [0.3, 0.4) is 0 Å². The molecule has 1 aromatic heterocycles. The van der Waals surface area contributed by atoms with Crippen molar-refractivity contribution in [2.75, 3.05) is 5.32 Å². The molecule has 1 fully saturated rings. The molecule has 0 radical (unpaired) electrons. The SMILES string of the molecule is Cc1ccc(-n2cc(C)cn2)c(NC(=O)C2CCCC(C(=O)O)C2)c1. The molecule has 2 atom stereocenters. The smallest absolute Gasteiger partial charge is 0.306 e. The highest BCUT2D eigenvalue weighted by Crippen LogP contribution is 2.31. The maximum Gasteiger partial charge on any atom is 0.306 e. The molecule has 2 unspecified atom stereocenters. The first-order valence-corrected chi connectivity index (χ1v) is 8.60. The van der Waals surface area contributed by atoms with Crippen molar-refractivity contribution in [3.05, 3.63) is 41.7 Å². The fraction of sp³-hybridized carbons (Fsp3) is 0.421. The first-order valence-electron chi connectivity index (χ1n) is 8.60. The number of anilines is 1. The van der Waals surface area contributed by atoms with Crippen LogP contribution in [0.25, 0.3) is 5.69 Å². The Morgan fingerprint density at radius 1 is 1.20 bits per heavy atom. The number of rotatable bonds is 4. The van der Waals surface area contributed by atoms with Gasteiger partial charge in [0, 0.05) is 12.1 Å². The Kier molecular flexibility index (Phi) is 4.88. The number of nitrogens with one attached hydrogen (secondary N) is 1. The predicted molar refractivity (Wildman–Crippen MR) is 94.8 cm³/mol. The first kappa shape index (κ1) is 17.2. The summed E-state index contributed by atoms with van der Waals surface area (Å²) >= 11 is 0. The van der Waals surface area contributed by atoms with E-state index in [9.17, 15) is 14.7 Å². The van der Waals surface area contributed by atoms with Gasteiger partial charge in [-0.15, -0.1) is 0 Å². The highest BCUT2D eigenvalue weighted by atomic mass is 16.4. The van der Waals surface area contributed by atoms with E-state index in [1.165, 1.54) is 0 Å². The molecule has 0 aliphatic heterocycles. The molecule has 0 spiro atoms. The second-order valence-electron chi connectivity index (χ2n) is 6.87. The van der Waals surface area contributed by atoms with Crippen LogP contribution in [-0.2, 0) is 9.59 Å². The molecule has 6 heteroatoms. The number of aryl methyl sites for hydroxylation is 2. The van der Waals surface area contributed by atoms with E-state index in [0.29, 0.717) is 18.5 Å². The maximum absolute atomic E-state index is 12.7. The highest BCUT2D eigenvalue weighted by Gasteiger charge is 2.31. The lowest BCUT2D eigenvalue weighted by atomic mass is 9.81. The van der Waals surface area contributed by atoms with Gasteiger partial charge in [0.05, 0.1) is 23.5 Å².